The van der Waals surface area contributed by atoms with E-state index in [0.29, 0.717) is 36.8 Å². The van der Waals surface area contributed by atoms with Crippen LogP contribution in [0.25, 0.3) is 0 Å². The number of ether oxygens (including phenoxy) is 4. The van der Waals surface area contributed by atoms with E-state index in [4.69, 9.17) is 18.9 Å². The van der Waals surface area contributed by atoms with Crippen LogP contribution < -0.4 is 4.74 Å². The number of hydrogen-bond acceptors (Lipinski definition) is 4. The van der Waals surface area contributed by atoms with Gasteiger partial charge in [0.1, 0.15) is 24.6 Å². The molecule has 2 saturated heterocycles. The summed E-state index contributed by atoms with van der Waals surface area (Å²) >= 11 is 0. The minimum absolute atomic E-state index is 0.139. The van der Waals surface area contributed by atoms with Gasteiger partial charge in [0, 0.05) is 0 Å². The van der Waals surface area contributed by atoms with Gasteiger partial charge < -0.3 is 18.9 Å². The molecule has 1 aromatic rings. The normalized spacial score (nSPS) is 28.7. The molecule has 5 atom stereocenters. The van der Waals surface area contributed by atoms with Gasteiger partial charge in [-0.05, 0) is 72.5 Å². The van der Waals surface area contributed by atoms with Crippen molar-refractivity contribution in [2.45, 2.75) is 116 Å². The average Bonchev–Trinajstić information content (AvgIpc) is 3.73. The van der Waals surface area contributed by atoms with Gasteiger partial charge in [0.15, 0.2) is 0 Å². The molecule has 4 heteroatoms. The van der Waals surface area contributed by atoms with E-state index in [2.05, 4.69) is 46.8 Å². The van der Waals surface area contributed by atoms with Gasteiger partial charge in [-0.2, -0.15) is 0 Å². The molecule has 192 valence electrons. The number of benzene rings is 1. The molecule has 0 amide bonds. The van der Waals surface area contributed by atoms with Crippen molar-refractivity contribution in [3.05, 3.63) is 28.8 Å². The van der Waals surface area contributed by atoms with Crippen LogP contribution in [0.15, 0.2) is 12.1 Å². The number of hydrogen-bond donors (Lipinski definition) is 0. The van der Waals surface area contributed by atoms with Crippen LogP contribution in [-0.2, 0) is 32.5 Å². The van der Waals surface area contributed by atoms with Gasteiger partial charge in [-0.3, -0.25) is 0 Å². The molecular weight excluding hydrogens is 424 g/mol. The standard InChI is InChI=1S/C30H48O4/c1-6-9-21-14-24(12-13-28(21)33-19-26-17-31-26)30(4,5)25-15-22(10-7-2)29(23(16-25)11-8-3)34-20-27-18-32-27/h15-16,21,24,26-28H,6-14,17-20H2,1-5H3. The summed E-state index contributed by atoms with van der Waals surface area (Å²) in [5.41, 5.74) is 4.42. The molecule has 4 rings (SSSR count). The Morgan fingerprint density at radius 1 is 0.882 bits per heavy atom. The molecule has 3 aliphatic rings. The summed E-state index contributed by atoms with van der Waals surface area (Å²) in [6, 6.07) is 4.96. The van der Waals surface area contributed by atoms with Crippen molar-refractivity contribution in [2.75, 3.05) is 26.4 Å². The fourth-order valence-electron chi connectivity index (χ4n) is 5.98. The Balaban J connectivity index is 1.54. The van der Waals surface area contributed by atoms with Crippen molar-refractivity contribution < 1.29 is 18.9 Å². The van der Waals surface area contributed by atoms with Crippen LogP contribution in [0.4, 0.5) is 0 Å². The fraction of sp³-hybridized carbons (Fsp3) is 0.800. The van der Waals surface area contributed by atoms with E-state index in [1.54, 1.807) is 0 Å². The number of rotatable bonds is 14. The first-order chi connectivity index (χ1) is 16.5. The zero-order chi connectivity index (χ0) is 24.1. The third-order valence-electron chi connectivity index (χ3n) is 8.33. The Morgan fingerprint density at radius 3 is 2.06 bits per heavy atom. The largest absolute Gasteiger partial charge is 0.490 e. The van der Waals surface area contributed by atoms with E-state index in [1.165, 1.54) is 48.8 Å². The first-order valence-electron chi connectivity index (χ1n) is 14.1. The van der Waals surface area contributed by atoms with Gasteiger partial charge in [0.05, 0.1) is 25.9 Å². The molecule has 34 heavy (non-hydrogen) atoms. The van der Waals surface area contributed by atoms with Gasteiger partial charge >= 0.3 is 0 Å². The Kier molecular flexibility index (Phi) is 8.98. The van der Waals surface area contributed by atoms with E-state index in [0.717, 1.165) is 51.3 Å². The Labute approximate surface area is 208 Å². The van der Waals surface area contributed by atoms with Crippen LogP contribution in [0.1, 0.15) is 96.3 Å². The Morgan fingerprint density at radius 2 is 1.50 bits per heavy atom. The summed E-state index contributed by atoms with van der Waals surface area (Å²) in [7, 11) is 0. The molecule has 0 spiro atoms. The second-order valence-corrected chi connectivity index (χ2v) is 11.5. The maximum absolute atomic E-state index is 6.37. The molecule has 0 aromatic heterocycles. The molecule has 0 radical (unpaired) electrons. The highest BCUT2D eigenvalue weighted by atomic mass is 16.6. The van der Waals surface area contributed by atoms with Gasteiger partial charge in [0.25, 0.3) is 0 Å². The SMILES string of the molecule is CCCc1cc(C(C)(C)C2CCC(OCC3CO3)C(CCC)C2)cc(CCC)c1OCC1CO1. The van der Waals surface area contributed by atoms with Crippen LogP contribution in [0.3, 0.4) is 0 Å². The summed E-state index contributed by atoms with van der Waals surface area (Å²) in [6.07, 6.45) is 11.7. The predicted molar refractivity (Wildman–Crippen MR) is 138 cm³/mol. The first kappa shape index (κ1) is 26.0. The highest BCUT2D eigenvalue weighted by Gasteiger charge is 2.40. The summed E-state index contributed by atoms with van der Waals surface area (Å²) in [6.45, 7) is 15.0. The van der Waals surface area contributed by atoms with Crippen molar-refractivity contribution in [1.29, 1.82) is 0 Å². The molecule has 0 bridgehead atoms. The van der Waals surface area contributed by atoms with E-state index in [-0.39, 0.29) is 5.41 Å². The maximum Gasteiger partial charge on any atom is 0.125 e. The van der Waals surface area contributed by atoms with E-state index in [9.17, 15) is 0 Å². The lowest BCUT2D eigenvalue weighted by Gasteiger charge is -2.44. The fourth-order valence-corrected chi connectivity index (χ4v) is 5.98. The molecule has 3 fully saturated rings. The smallest absolute Gasteiger partial charge is 0.125 e. The average molecular weight is 473 g/mol. The molecule has 1 aliphatic carbocycles. The zero-order valence-corrected chi connectivity index (χ0v) is 22.4. The van der Waals surface area contributed by atoms with Crippen LogP contribution in [-0.4, -0.2) is 44.7 Å². The quantitative estimate of drug-likeness (QED) is 0.284. The highest BCUT2D eigenvalue weighted by molar-refractivity contribution is 5.47. The van der Waals surface area contributed by atoms with E-state index in [1.807, 2.05) is 0 Å². The van der Waals surface area contributed by atoms with Gasteiger partial charge in [-0.1, -0.05) is 66.0 Å². The summed E-state index contributed by atoms with van der Waals surface area (Å²) in [5.74, 6) is 2.48. The lowest BCUT2D eigenvalue weighted by molar-refractivity contribution is -0.0389. The number of epoxide rings is 2. The zero-order valence-electron chi connectivity index (χ0n) is 22.4. The minimum Gasteiger partial charge on any atom is -0.490 e. The van der Waals surface area contributed by atoms with Crippen LogP contribution >= 0.6 is 0 Å². The topological polar surface area (TPSA) is 43.5 Å². The van der Waals surface area contributed by atoms with Crippen LogP contribution in [0.2, 0.25) is 0 Å². The summed E-state index contributed by atoms with van der Waals surface area (Å²) < 4.78 is 23.5. The Hall–Kier alpha value is -1.10. The molecule has 2 aliphatic heterocycles. The van der Waals surface area contributed by atoms with E-state index >= 15 is 0 Å². The molecular formula is C30H48O4. The summed E-state index contributed by atoms with van der Waals surface area (Å²) in [5, 5.41) is 0. The van der Waals surface area contributed by atoms with Crippen molar-refractivity contribution in [3.63, 3.8) is 0 Å². The van der Waals surface area contributed by atoms with Gasteiger partial charge in [-0.25, -0.2) is 0 Å². The van der Waals surface area contributed by atoms with Crippen molar-refractivity contribution in [3.8, 4) is 5.75 Å². The maximum atomic E-state index is 6.37. The lowest BCUT2D eigenvalue weighted by atomic mass is 9.63. The molecule has 0 N–H and O–H groups in total. The van der Waals surface area contributed by atoms with Crippen molar-refractivity contribution >= 4 is 0 Å². The number of aryl methyl sites for hydroxylation is 2. The van der Waals surface area contributed by atoms with E-state index < -0.39 is 0 Å². The molecule has 4 nitrogen and oxygen atoms in total. The first-order valence-corrected chi connectivity index (χ1v) is 14.1. The highest BCUT2D eigenvalue weighted by Crippen LogP contribution is 2.46. The van der Waals surface area contributed by atoms with Crippen LogP contribution in [0.5, 0.6) is 5.75 Å². The monoisotopic (exact) mass is 472 g/mol. The lowest BCUT2D eigenvalue weighted by Crippen LogP contribution is -2.39. The van der Waals surface area contributed by atoms with Crippen LogP contribution in [0, 0.1) is 11.8 Å². The third-order valence-corrected chi connectivity index (χ3v) is 8.33. The molecule has 2 heterocycles. The minimum atomic E-state index is 0.139. The molecule has 5 unspecified atom stereocenters. The van der Waals surface area contributed by atoms with Crippen molar-refractivity contribution in [1.82, 2.24) is 0 Å². The molecule has 1 aromatic carbocycles. The van der Waals surface area contributed by atoms with Crippen molar-refractivity contribution in [2.24, 2.45) is 11.8 Å². The second-order valence-electron chi connectivity index (χ2n) is 11.5. The van der Waals surface area contributed by atoms with Gasteiger partial charge in [0.2, 0.25) is 0 Å². The second kappa shape index (κ2) is 11.8. The molecule has 1 saturated carbocycles. The van der Waals surface area contributed by atoms with Gasteiger partial charge in [-0.15, -0.1) is 0 Å². The Bertz CT molecular complexity index is 753. The summed E-state index contributed by atoms with van der Waals surface area (Å²) in [4.78, 5) is 0. The predicted octanol–water partition coefficient (Wildman–Crippen LogP) is 6.65. The third kappa shape index (κ3) is 6.56.